The summed E-state index contributed by atoms with van der Waals surface area (Å²) >= 11 is 0. The van der Waals surface area contributed by atoms with E-state index in [0.717, 1.165) is 18.1 Å². The Morgan fingerprint density at radius 2 is 2.32 bits per heavy atom. The van der Waals surface area contributed by atoms with Crippen LogP contribution in [0.5, 0.6) is 0 Å². The molecule has 1 aliphatic heterocycles. The lowest BCUT2D eigenvalue weighted by atomic mass is 9.76. The average Bonchev–Trinajstić information content (AvgIpc) is 2.96. The van der Waals surface area contributed by atoms with Gasteiger partial charge in [-0.15, -0.1) is 0 Å². The SMILES string of the molecule is CO[C@@H]1CCC[C@]12CCCN(Cc1ncc(C)[nH]1)C2. The van der Waals surface area contributed by atoms with Gasteiger partial charge in [0.25, 0.3) is 0 Å². The molecular formula is C15H25N3O. The van der Waals surface area contributed by atoms with Crippen molar-refractivity contribution in [2.24, 2.45) is 5.41 Å². The maximum absolute atomic E-state index is 5.76. The average molecular weight is 263 g/mol. The minimum Gasteiger partial charge on any atom is -0.381 e. The standard InChI is InChI=1S/C15H25N3O/c1-12-9-16-14(17-12)10-18-8-4-7-15(11-18)6-3-5-13(15)19-2/h9,13H,3-8,10-11H2,1-2H3,(H,16,17)/t13-,15-/m1/s1. The van der Waals surface area contributed by atoms with Crippen molar-refractivity contribution in [2.45, 2.75) is 51.7 Å². The summed E-state index contributed by atoms with van der Waals surface area (Å²) in [4.78, 5) is 10.3. The van der Waals surface area contributed by atoms with Crippen LogP contribution in [0.15, 0.2) is 6.20 Å². The van der Waals surface area contributed by atoms with Gasteiger partial charge in [0.05, 0.1) is 12.6 Å². The number of nitrogens with one attached hydrogen (secondary N) is 1. The zero-order chi connectivity index (χ0) is 13.3. The number of hydrogen-bond acceptors (Lipinski definition) is 3. The van der Waals surface area contributed by atoms with E-state index in [9.17, 15) is 0 Å². The number of aromatic amines is 1. The molecule has 4 heteroatoms. The predicted molar refractivity (Wildman–Crippen MR) is 74.9 cm³/mol. The number of hydrogen-bond donors (Lipinski definition) is 1. The number of piperidine rings is 1. The first kappa shape index (κ1) is 13.1. The van der Waals surface area contributed by atoms with Crippen LogP contribution in [0.25, 0.3) is 0 Å². The van der Waals surface area contributed by atoms with Crippen molar-refractivity contribution in [3.63, 3.8) is 0 Å². The Morgan fingerprint density at radius 1 is 1.47 bits per heavy atom. The molecule has 1 aromatic heterocycles. The maximum Gasteiger partial charge on any atom is 0.120 e. The van der Waals surface area contributed by atoms with Crippen LogP contribution in [-0.4, -0.2) is 41.2 Å². The summed E-state index contributed by atoms with van der Waals surface area (Å²) in [6.07, 6.45) is 8.91. The first-order chi connectivity index (χ1) is 9.22. The molecule has 1 saturated carbocycles. The monoisotopic (exact) mass is 263 g/mol. The quantitative estimate of drug-likeness (QED) is 0.911. The minimum absolute atomic E-state index is 0.411. The molecule has 0 unspecified atom stereocenters. The van der Waals surface area contributed by atoms with E-state index in [1.807, 2.05) is 13.3 Å². The number of aromatic nitrogens is 2. The molecule has 0 radical (unpaired) electrons. The number of nitrogens with zero attached hydrogens (tertiary/aromatic N) is 2. The van der Waals surface area contributed by atoms with E-state index in [0.29, 0.717) is 11.5 Å². The second kappa shape index (κ2) is 5.25. The third-order valence-corrected chi connectivity index (χ3v) is 4.92. The zero-order valence-electron chi connectivity index (χ0n) is 12.1. The van der Waals surface area contributed by atoms with E-state index in [1.165, 1.54) is 45.2 Å². The van der Waals surface area contributed by atoms with Gasteiger partial charge in [-0.2, -0.15) is 0 Å². The highest BCUT2D eigenvalue weighted by molar-refractivity contribution is 5.01. The van der Waals surface area contributed by atoms with E-state index >= 15 is 0 Å². The van der Waals surface area contributed by atoms with Crippen LogP contribution in [0.4, 0.5) is 0 Å². The van der Waals surface area contributed by atoms with Crippen LogP contribution in [0.3, 0.4) is 0 Å². The lowest BCUT2D eigenvalue weighted by Crippen LogP contribution is -2.47. The van der Waals surface area contributed by atoms with Crippen molar-refractivity contribution in [1.82, 2.24) is 14.9 Å². The number of imidazole rings is 1. The maximum atomic E-state index is 5.76. The van der Waals surface area contributed by atoms with Crippen LogP contribution in [0.2, 0.25) is 0 Å². The predicted octanol–water partition coefficient (Wildman–Crippen LogP) is 2.50. The lowest BCUT2D eigenvalue weighted by molar-refractivity contribution is -0.0370. The molecule has 2 atom stereocenters. The van der Waals surface area contributed by atoms with Crippen molar-refractivity contribution in [3.8, 4) is 0 Å². The molecule has 4 nitrogen and oxygen atoms in total. The fourth-order valence-corrected chi connectivity index (χ4v) is 4.09. The van der Waals surface area contributed by atoms with E-state index in [1.54, 1.807) is 0 Å². The molecule has 1 aliphatic carbocycles. The van der Waals surface area contributed by atoms with Crippen molar-refractivity contribution in [1.29, 1.82) is 0 Å². The molecule has 1 aromatic rings. The molecule has 0 amide bonds. The highest BCUT2D eigenvalue weighted by atomic mass is 16.5. The summed E-state index contributed by atoms with van der Waals surface area (Å²) < 4.78 is 5.76. The highest BCUT2D eigenvalue weighted by Crippen LogP contribution is 2.46. The lowest BCUT2D eigenvalue weighted by Gasteiger charge is -2.43. The van der Waals surface area contributed by atoms with Crippen LogP contribution >= 0.6 is 0 Å². The summed E-state index contributed by atoms with van der Waals surface area (Å²) in [6.45, 7) is 5.38. The van der Waals surface area contributed by atoms with Gasteiger partial charge in [-0.25, -0.2) is 4.98 Å². The minimum atomic E-state index is 0.411. The third kappa shape index (κ3) is 2.56. The highest BCUT2D eigenvalue weighted by Gasteiger charge is 2.45. The molecule has 1 N–H and O–H groups in total. The van der Waals surface area contributed by atoms with Crippen LogP contribution in [0.1, 0.15) is 43.6 Å². The van der Waals surface area contributed by atoms with Crippen LogP contribution in [-0.2, 0) is 11.3 Å². The van der Waals surface area contributed by atoms with Crippen molar-refractivity contribution in [3.05, 3.63) is 17.7 Å². The van der Waals surface area contributed by atoms with Crippen molar-refractivity contribution < 1.29 is 4.74 Å². The summed E-state index contributed by atoms with van der Waals surface area (Å²) in [6, 6.07) is 0. The number of ether oxygens (including phenoxy) is 1. The van der Waals surface area contributed by atoms with E-state index in [4.69, 9.17) is 4.74 Å². The van der Waals surface area contributed by atoms with Gasteiger partial charge >= 0.3 is 0 Å². The third-order valence-electron chi connectivity index (χ3n) is 4.92. The first-order valence-electron chi connectivity index (χ1n) is 7.47. The van der Waals surface area contributed by atoms with E-state index in [2.05, 4.69) is 21.8 Å². The molecule has 0 bridgehead atoms. The molecule has 2 aliphatic rings. The number of H-pyrrole nitrogens is 1. The Hall–Kier alpha value is -0.870. The molecule has 0 aromatic carbocycles. The summed E-state index contributed by atoms with van der Waals surface area (Å²) in [5.41, 5.74) is 1.56. The molecule has 19 heavy (non-hydrogen) atoms. The van der Waals surface area contributed by atoms with Gasteiger partial charge in [0.1, 0.15) is 5.82 Å². The Kier molecular flexibility index (Phi) is 3.63. The first-order valence-corrected chi connectivity index (χ1v) is 7.47. The van der Waals surface area contributed by atoms with Crippen LogP contribution < -0.4 is 0 Å². The van der Waals surface area contributed by atoms with Gasteiger partial charge in [0, 0.05) is 31.0 Å². The summed E-state index contributed by atoms with van der Waals surface area (Å²) in [5.74, 6) is 1.10. The van der Waals surface area contributed by atoms with Gasteiger partial charge in [-0.3, -0.25) is 4.90 Å². The zero-order valence-corrected chi connectivity index (χ0v) is 12.1. The molecule has 2 heterocycles. The Labute approximate surface area is 115 Å². The fraction of sp³-hybridized carbons (Fsp3) is 0.800. The second-order valence-corrected chi connectivity index (χ2v) is 6.31. The second-order valence-electron chi connectivity index (χ2n) is 6.31. The Balaban J connectivity index is 1.67. The van der Waals surface area contributed by atoms with Gasteiger partial charge in [-0.1, -0.05) is 6.42 Å². The van der Waals surface area contributed by atoms with Gasteiger partial charge in [-0.05, 0) is 39.2 Å². The molecular weight excluding hydrogens is 238 g/mol. The molecule has 2 fully saturated rings. The van der Waals surface area contributed by atoms with Gasteiger partial charge < -0.3 is 9.72 Å². The molecule has 3 rings (SSSR count). The van der Waals surface area contributed by atoms with Crippen molar-refractivity contribution >= 4 is 0 Å². The Morgan fingerprint density at radius 3 is 3.05 bits per heavy atom. The number of likely N-dealkylation sites (tertiary alicyclic amines) is 1. The molecule has 106 valence electrons. The molecule has 1 spiro atoms. The largest absolute Gasteiger partial charge is 0.381 e. The number of methoxy groups -OCH3 is 1. The van der Waals surface area contributed by atoms with Gasteiger partial charge in [0.15, 0.2) is 0 Å². The van der Waals surface area contributed by atoms with E-state index < -0.39 is 0 Å². The van der Waals surface area contributed by atoms with Gasteiger partial charge in [0.2, 0.25) is 0 Å². The van der Waals surface area contributed by atoms with Crippen LogP contribution in [0, 0.1) is 12.3 Å². The topological polar surface area (TPSA) is 41.1 Å². The fourth-order valence-electron chi connectivity index (χ4n) is 4.09. The number of rotatable bonds is 3. The smallest absolute Gasteiger partial charge is 0.120 e. The summed E-state index contributed by atoms with van der Waals surface area (Å²) in [7, 11) is 1.88. The Bertz CT molecular complexity index is 431. The van der Waals surface area contributed by atoms with E-state index in [-0.39, 0.29) is 0 Å². The number of aryl methyl sites for hydroxylation is 1. The normalized spacial score (nSPS) is 32.2. The van der Waals surface area contributed by atoms with Crippen molar-refractivity contribution in [2.75, 3.05) is 20.2 Å². The molecule has 1 saturated heterocycles. The summed E-state index contributed by atoms with van der Waals surface area (Å²) in [5, 5.41) is 0.